The Hall–Kier alpha value is -3.46. The van der Waals surface area contributed by atoms with Gasteiger partial charge in [-0.3, -0.25) is 9.59 Å². The second kappa shape index (κ2) is 17.1. The zero-order valence-corrected chi connectivity index (χ0v) is 21.6. The number of aliphatic hydroxyl groups is 1. The topological polar surface area (TPSA) is 101 Å². The van der Waals surface area contributed by atoms with Crippen molar-refractivity contribution in [2.24, 2.45) is 0 Å². The molecule has 1 N–H and O–H groups in total. The van der Waals surface area contributed by atoms with E-state index in [2.05, 4.69) is 0 Å². The number of methoxy groups -OCH3 is 1. The molecule has 0 spiro atoms. The van der Waals surface area contributed by atoms with Gasteiger partial charge in [-0.25, -0.2) is 0 Å². The Labute approximate surface area is 218 Å². The molecule has 0 amide bonds. The van der Waals surface area contributed by atoms with Crippen molar-refractivity contribution in [2.75, 3.05) is 20.3 Å². The minimum absolute atomic E-state index is 0.00823. The van der Waals surface area contributed by atoms with Gasteiger partial charge in [0.25, 0.3) is 0 Å². The van der Waals surface area contributed by atoms with Crippen LogP contribution in [-0.2, 0) is 41.8 Å². The molecule has 0 aliphatic heterocycles. The van der Waals surface area contributed by atoms with Gasteiger partial charge in [-0.2, -0.15) is 0 Å². The molecule has 3 atom stereocenters. The average Bonchev–Trinajstić information content (AvgIpc) is 2.87. The van der Waals surface area contributed by atoms with Crippen molar-refractivity contribution in [1.29, 1.82) is 0 Å². The largest absolute Gasteiger partial charge is 0.497 e. The Morgan fingerprint density at radius 1 is 0.838 bits per heavy atom. The van der Waals surface area contributed by atoms with Crippen molar-refractivity contribution in [3.63, 3.8) is 0 Å². The second-order valence-corrected chi connectivity index (χ2v) is 8.28. The van der Waals surface area contributed by atoms with Crippen LogP contribution in [0.1, 0.15) is 31.4 Å². The minimum Gasteiger partial charge on any atom is -0.497 e. The normalized spacial score (nSPS) is 13.8. The van der Waals surface area contributed by atoms with Crippen LogP contribution in [0.25, 0.3) is 0 Å². The number of aliphatic hydroxyl groups excluding tert-OH is 1. The minimum atomic E-state index is -0.943. The molecule has 8 heteroatoms. The van der Waals surface area contributed by atoms with E-state index in [1.165, 1.54) is 13.8 Å². The summed E-state index contributed by atoms with van der Waals surface area (Å²) in [5.74, 6) is -0.287. The highest BCUT2D eigenvalue weighted by molar-refractivity contribution is 5.67. The second-order valence-electron chi connectivity index (χ2n) is 8.28. The maximum absolute atomic E-state index is 11.7. The molecule has 200 valence electrons. The van der Waals surface area contributed by atoms with E-state index in [1.807, 2.05) is 60.7 Å². The van der Waals surface area contributed by atoms with Gasteiger partial charge in [0, 0.05) is 20.3 Å². The van der Waals surface area contributed by atoms with Crippen LogP contribution in [0.15, 0.2) is 78.9 Å². The van der Waals surface area contributed by atoms with Gasteiger partial charge in [0.1, 0.15) is 11.9 Å². The van der Waals surface area contributed by atoms with Crippen molar-refractivity contribution >= 4 is 11.9 Å². The van der Waals surface area contributed by atoms with Crippen LogP contribution in [0.2, 0.25) is 0 Å². The maximum Gasteiger partial charge on any atom is 0.303 e. The maximum atomic E-state index is 11.7. The fraction of sp³-hybridized carbons (Fsp3) is 0.379. The molecule has 0 aromatic heterocycles. The van der Waals surface area contributed by atoms with Crippen molar-refractivity contribution in [3.8, 4) is 5.75 Å². The molecule has 0 fully saturated rings. The van der Waals surface area contributed by atoms with E-state index in [0.717, 1.165) is 16.9 Å². The molecular formula is C29H36O8. The number of hydrogen-bond donors (Lipinski definition) is 1. The molecule has 8 nitrogen and oxygen atoms in total. The van der Waals surface area contributed by atoms with Crippen LogP contribution in [0.5, 0.6) is 5.75 Å². The summed E-state index contributed by atoms with van der Waals surface area (Å²) in [4.78, 5) is 23.3. The molecule has 2 aromatic rings. The lowest BCUT2D eigenvalue weighted by Crippen LogP contribution is -2.40. The van der Waals surface area contributed by atoms with Gasteiger partial charge in [-0.1, -0.05) is 66.8 Å². The first-order chi connectivity index (χ1) is 17.9. The van der Waals surface area contributed by atoms with E-state index in [4.69, 9.17) is 23.7 Å². The number of benzene rings is 2. The number of esters is 2. The fourth-order valence-electron chi connectivity index (χ4n) is 3.40. The van der Waals surface area contributed by atoms with Crippen LogP contribution in [0.3, 0.4) is 0 Å². The molecule has 2 aromatic carbocycles. The van der Waals surface area contributed by atoms with Crippen LogP contribution in [0, 0.1) is 0 Å². The first kappa shape index (κ1) is 29.8. The lowest BCUT2D eigenvalue weighted by molar-refractivity contribution is -0.172. The summed E-state index contributed by atoms with van der Waals surface area (Å²) in [5, 5.41) is 10.5. The van der Waals surface area contributed by atoms with Crippen LogP contribution in [0.4, 0.5) is 0 Å². The molecule has 0 saturated heterocycles. The van der Waals surface area contributed by atoms with Crippen molar-refractivity contribution in [1.82, 2.24) is 0 Å². The standard InChI is InChI=1S/C29H36O8/c1-22(30)36-28(29(37-23(2)31)21-35-20-24-10-6-4-7-11-24)18-26(32)12-8-5-9-17-34-19-25-13-15-27(33-3)16-14-25/h4-16,26,28-29,32H,17-21H2,1-3H3/b9-5+,12-8+/t26-,28+,29+/m0/s1. The average molecular weight is 513 g/mol. The van der Waals surface area contributed by atoms with Gasteiger partial charge in [0.15, 0.2) is 6.10 Å². The first-order valence-corrected chi connectivity index (χ1v) is 12.1. The van der Waals surface area contributed by atoms with Crippen molar-refractivity contribution < 1.29 is 38.4 Å². The van der Waals surface area contributed by atoms with Gasteiger partial charge in [0.2, 0.25) is 0 Å². The molecule has 37 heavy (non-hydrogen) atoms. The van der Waals surface area contributed by atoms with E-state index in [9.17, 15) is 14.7 Å². The predicted molar refractivity (Wildman–Crippen MR) is 139 cm³/mol. The van der Waals surface area contributed by atoms with E-state index in [-0.39, 0.29) is 13.0 Å². The number of allylic oxidation sites excluding steroid dienone is 2. The summed E-state index contributed by atoms with van der Waals surface area (Å²) in [7, 11) is 1.62. The monoisotopic (exact) mass is 512 g/mol. The third-order valence-corrected chi connectivity index (χ3v) is 5.14. The van der Waals surface area contributed by atoms with E-state index in [0.29, 0.717) is 19.8 Å². The van der Waals surface area contributed by atoms with Gasteiger partial charge in [-0.05, 0) is 23.3 Å². The van der Waals surface area contributed by atoms with Crippen LogP contribution < -0.4 is 4.74 Å². The van der Waals surface area contributed by atoms with Crippen LogP contribution >= 0.6 is 0 Å². The van der Waals surface area contributed by atoms with Gasteiger partial charge >= 0.3 is 11.9 Å². The van der Waals surface area contributed by atoms with Gasteiger partial charge in [-0.15, -0.1) is 0 Å². The van der Waals surface area contributed by atoms with Crippen molar-refractivity contribution in [3.05, 3.63) is 90.0 Å². The zero-order chi connectivity index (χ0) is 26.9. The molecule has 0 radical (unpaired) electrons. The number of carbonyl (C=O) groups is 2. The first-order valence-electron chi connectivity index (χ1n) is 12.1. The Morgan fingerprint density at radius 3 is 2.11 bits per heavy atom. The highest BCUT2D eigenvalue weighted by Crippen LogP contribution is 2.15. The highest BCUT2D eigenvalue weighted by Gasteiger charge is 2.29. The van der Waals surface area contributed by atoms with E-state index in [1.54, 1.807) is 25.3 Å². The number of rotatable bonds is 16. The summed E-state index contributed by atoms with van der Waals surface area (Å²) in [6.45, 7) is 3.71. The lowest BCUT2D eigenvalue weighted by Gasteiger charge is -2.27. The third-order valence-electron chi connectivity index (χ3n) is 5.14. The van der Waals surface area contributed by atoms with Crippen LogP contribution in [-0.4, -0.2) is 55.7 Å². The Morgan fingerprint density at radius 2 is 1.46 bits per heavy atom. The SMILES string of the molecule is COc1ccc(COC/C=C/C=C/[C@H](O)C[C@@H](OC(C)=O)[C@@H](COCc2ccccc2)OC(C)=O)cc1. The molecule has 0 aliphatic carbocycles. The van der Waals surface area contributed by atoms with Gasteiger partial charge in [0.05, 0.1) is 39.6 Å². The summed E-state index contributed by atoms with van der Waals surface area (Å²) in [5.41, 5.74) is 1.99. The zero-order valence-electron chi connectivity index (χ0n) is 21.6. The third kappa shape index (κ3) is 12.9. The summed E-state index contributed by atoms with van der Waals surface area (Å²) < 4.78 is 27.2. The smallest absolute Gasteiger partial charge is 0.303 e. The predicted octanol–water partition coefficient (Wildman–Crippen LogP) is 4.16. The summed E-state index contributed by atoms with van der Waals surface area (Å²) >= 11 is 0. The molecule has 0 aliphatic rings. The summed E-state index contributed by atoms with van der Waals surface area (Å²) in [6, 6.07) is 17.2. The molecule has 0 bridgehead atoms. The fourth-order valence-corrected chi connectivity index (χ4v) is 3.40. The molecule has 0 saturated carbocycles. The number of carbonyl (C=O) groups excluding carboxylic acids is 2. The number of hydrogen-bond acceptors (Lipinski definition) is 8. The Balaban J connectivity index is 1.84. The van der Waals surface area contributed by atoms with Crippen molar-refractivity contribution in [2.45, 2.75) is 51.8 Å². The molecule has 0 unspecified atom stereocenters. The lowest BCUT2D eigenvalue weighted by atomic mass is 10.1. The molecule has 2 rings (SSSR count). The summed E-state index contributed by atoms with van der Waals surface area (Å²) in [6.07, 6.45) is 4.15. The Kier molecular flexibility index (Phi) is 13.7. The number of ether oxygens (including phenoxy) is 5. The highest BCUT2D eigenvalue weighted by atomic mass is 16.6. The quantitative estimate of drug-likeness (QED) is 0.203. The molecule has 0 heterocycles. The van der Waals surface area contributed by atoms with E-state index < -0.39 is 30.3 Å². The van der Waals surface area contributed by atoms with E-state index >= 15 is 0 Å². The Bertz CT molecular complexity index is 985. The molecular weight excluding hydrogens is 476 g/mol. The van der Waals surface area contributed by atoms with Gasteiger partial charge < -0.3 is 28.8 Å².